The van der Waals surface area contributed by atoms with E-state index in [2.05, 4.69) is 11.9 Å². The van der Waals surface area contributed by atoms with Crippen LogP contribution >= 0.6 is 0 Å². The van der Waals surface area contributed by atoms with Crippen molar-refractivity contribution in [1.29, 1.82) is 0 Å². The fraction of sp³-hybridized carbons (Fsp3) is 0. The SMILES string of the molecule is C=CS(=O)(=O)c1cccc(Nc2cc(S(=O)(=O)[O-])c(N)c3c2C(=O)c2ccccc2C3=O)c1.[Na+]. The molecule has 0 aliphatic heterocycles. The van der Waals surface area contributed by atoms with Gasteiger partial charge in [0.15, 0.2) is 21.4 Å². The molecule has 0 radical (unpaired) electrons. The number of fused-ring (bicyclic) bond motifs is 2. The summed E-state index contributed by atoms with van der Waals surface area (Å²) in [6.45, 7) is 3.26. The Morgan fingerprint density at radius 3 is 2.03 bits per heavy atom. The van der Waals surface area contributed by atoms with Gasteiger partial charge in [0.1, 0.15) is 10.1 Å². The molecule has 0 aromatic heterocycles. The first kappa shape index (κ1) is 25.8. The largest absolute Gasteiger partial charge is 1.00 e. The second-order valence-electron chi connectivity index (χ2n) is 7.11. The molecule has 3 aromatic rings. The van der Waals surface area contributed by atoms with Gasteiger partial charge < -0.3 is 15.6 Å². The van der Waals surface area contributed by atoms with Crippen LogP contribution in [0.15, 0.2) is 76.4 Å². The fourth-order valence-electron chi connectivity index (χ4n) is 3.60. The molecule has 0 atom stereocenters. The predicted molar refractivity (Wildman–Crippen MR) is 119 cm³/mol. The molecular formula is C22H15N2NaO7S2. The van der Waals surface area contributed by atoms with Crippen LogP contribution < -0.4 is 40.6 Å². The second-order valence-corrected chi connectivity index (χ2v) is 10.4. The van der Waals surface area contributed by atoms with E-state index in [4.69, 9.17) is 5.73 Å². The molecule has 0 amide bonds. The monoisotopic (exact) mass is 506 g/mol. The number of carbonyl (C=O) groups excluding carboxylic acids is 2. The number of nitrogens with one attached hydrogen (secondary N) is 1. The van der Waals surface area contributed by atoms with Gasteiger partial charge in [-0.25, -0.2) is 16.8 Å². The maximum Gasteiger partial charge on any atom is 1.00 e. The van der Waals surface area contributed by atoms with E-state index in [1.807, 2.05) is 0 Å². The number of anilines is 3. The Morgan fingerprint density at radius 2 is 1.47 bits per heavy atom. The molecule has 3 N–H and O–H groups in total. The van der Waals surface area contributed by atoms with Crippen molar-refractivity contribution in [2.45, 2.75) is 9.79 Å². The summed E-state index contributed by atoms with van der Waals surface area (Å²) in [5.41, 5.74) is 4.70. The van der Waals surface area contributed by atoms with Crippen LogP contribution in [0.25, 0.3) is 0 Å². The minimum atomic E-state index is -5.12. The summed E-state index contributed by atoms with van der Waals surface area (Å²) >= 11 is 0. The summed E-state index contributed by atoms with van der Waals surface area (Å²) in [6, 6.07) is 12.2. The van der Waals surface area contributed by atoms with Crippen molar-refractivity contribution in [2.75, 3.05) is 11.1 Å². The average Bonchev–Trinajstić information content (AvgIpc) is 2.77. The molecule has 0 fully saturated rings. The Balaban J connectivity index is 0.00000324. The van der Waals surface area contributed by atoms with Gasteiger partial charge in [-0.2, -0.15) is 0 Å². The van der Waals surface area contributed by atoms with E-state index in [-0.39, 0.29) is 62.5 Å². The maximum absolute atomic E-state index is 13.3. The van der Waals surface area contributed by atoms with Crippen LogP contribution in [0.2, 0.25) is 0 Å². The molecule has 12 heteroatoms. The molecule has 9 nitrogen and oxygen atoms in total. The number of benzene rings is 3. The molecule has 0 bridgehead atoms. The summed E-state index contributed by atoms with van der Waals surface area (Å²) < 4.78 is 59.8. The van der Waals surface area contributed by atoms with Crippen LogP contribution in [0.1, 0.15) is 31.8 Å². The van der Waals surface area contributed by atoms with Gasteiger partial charge in [-0.1, -0.05) is 36.9 Å². The van der Waals surface area contributed by atoms with Gasteiger partial charge in [0, 0.05) is 22.2 Å². The standard InChI is InChI=1S/C22H16N2O7S2.Na/c1-2-32(27,28)13-7-5-6-12(10-13)24-16-11-17(33(29,30)31)20(23)19-18(16)21(25)14-8-3-4-9-15(14)22(19)26;/h2-11,24H,1,23H2,(H,29,30,31);/q;+1/p-1. The molecule has 3 aromatic carbocycles. The van der Waals surface area contributed by atoms with Gasteiger partial charge >= 0.3 is 29.6 Å². The molecule has 1 aliphatic carbocycles. The molecule has 0 spiro atoms. The number of rotatable bonds is 5. The Labute approximate surface area is 217 Å². The Hall–Kier alpha value is -2.80. The van der Waals surface area contributed by atoms with Gasteiger partial charge in [0.2, 0.25) is 0 Å². The quantitative estimate of drug-likeness (QED) is 0.208. The number of nitrogens with two attached hydrogens (primary N) is 1. The van der Waals surface area contributed by atoms with Crippen molar-refractivity contribution < 1.29 is 60.5 Å². The second kappa shape index (κ2) is 9.10. The molecule has 0 saturated carbocycles. The van der Waals surface area contributed by atoms with E-state index in [0.29, 0.717) is 0 Å². The summed E-state index contributed by atoms with van der Waals surface area (Å²) in [5, 5.41) is 3.52. The molecular weight excluding hydrogens is 491 g/mol. The van der Waals surface area contributed by atoms with Crippen molar-refractivity contribution in [2.24, 2.45) is 0 Å². The van der Waals surface area contributed by atoms with E-state index in [1.54, 1.807) is 6.07 Å². The predicted octanol–water partition coefficient (Wildman–Crippen LogP) is -0.387. The first-order chi connectivity index (χ1) is 15.5. The van der Waals surface area contributed by atoms with Crippen molar-refractivity contribution in [3.63, 3.8) is 0 Å². The fourth-order valence-corrected chi connectivity index (χ4v) is 4.99. The molecule has 4 rings (SSSR count). The van der Waals surface area contributed by atoms with Gasteiger partial charge in [0.05, 0.1) is 32.3 Å². The third-order valence-electron chi connectivity index (χ3n) is 5.13. The first-order valence-corrected chi connectivity index (χ1v) is 12.3. The number of sulfone groups is 1. The number of carbonyl (C=O) groups is 2. The molecule has 0 heterocycles. The normalized spacial score (nSPS) is 12.9. The number of nitrogen functional groups attached to an aromatic ring is 1. The zero-order valence-corrected chi connectivity index (χ0v) is 21.4. The van der Waals surface area contributed by atoms with E-state index < -0.39 is 47.7 Å². The summed E-state index contributed by atoms with van der Waals surface area (Å²) in [5.74, 6) is -1.33. The minimum Gasteiger partial charge on any atom is -0.744 e. The van der Waals surface area contributed by atoms with Crippen LogP contribution in [-0.4, -0.2) is 33.0 Å². The number of hydrogen-bond acceptors (Lipinski definition) is 9. The topological polar surface area (TPSA) is 164 Å². The Morgan fingerprint density at radius 1 is 0.882 bits per heavy atom. The Kier molecular flexibility index (Phi) is 6.91. The maximum atomic E-state index is 13.3. The number of ketones is 2. The third-order valence-corrected chi connectivity index (χ3v) is 7.36. The summed E-state index contributed by atoms with van der Waals surface area (Å²) in [4.78, 5) is 25.4. The van der Waals surface area contributed by atoms with E-state index in [0.717, 1.165) is 11.5 Å². The average molecular weight is 506 g/mol. The number of hydrogen-bond donors (Lipinski definition) is 2. The zero-order chi connectivity index (χ0) is 24.1. The van der Waals surface area contributed by atoms with Crippen molar-refractivity contribution in [3.8, 4) is 0 Å². The van der Waals surface area contributed by atoms with Crippen LogP contribution in [0.3, 0.4) is 0 Å². The van der Waals surface area contributed by atoms with Gasteiger partial charge in [-0.15, -0.1) is 0 Å². The smallest absolute Gasteiger partial charge is 0.744 e. The van der Waals surface area contributed by atoms with Crippen molar-refractivity contribution >= 4 is 48.6 Å². The first-order valence-electron chi connectivity index (χ1n) is 9.31. The molecule has 1 aliphatic rings. The molecule has 0 saturated heterocycles. The van der Waals surface area contributed by atoms with Gasteiger partial charge in [0.25, 0.3) is 0 Å². The van der Waals surface area contributed by atoms with E-state index >= 15 is 0 Å². The summed E-state index contributed by atoms with van der Waals surface area (Å²) in [6.07, 6.45) is 0. The van der Waals surface area contributed by atoms with Crippen molar-refractivity contribution in [3.05, 3.63) is 88.8 Å². The van der Waals surface area contributed by atoms with Crippen LogP contribution in [0, 0.1) is 0 Å². The van der Waals surface area contributed by atoms with Crippen LogP contribution in [-0.2, 0) is 20.0 Å². The van der Waals surface area contributed by atoms with Gasteiger partial charge in [-0.05, 0) is 24.3 Å². The van der Waals surface area contributed by atoms with Gasteiger partial charge in [-0.3, -0.25) is 9.59 Å². The minimum absolute atomic E-state index is 0. The molecule has 0 unspecified atom stereocenters. The molecule has 168 valence electrons. The third kappa shape index (κ3) is 4.33. The Bertz CT molecular complexity index is 1600. The van der Waals surface area contributed by atoms with E-state index in [1.165, 1.54) is 42.5 Å². The molecule has 34 heavy (non-hydrogen) atoms. The zero-order valence-electron chi connectivity index (χ0n) is 17.7. The van der Waals surface area contributed by atoms with E-state index in [9.17, 15) is 31.0 Å². The van der Waals surface area contributed by atoms with Crippen LogP contribution in [0.4, 0.5) is 17.1 Å². The van der Waals surface area contributed by atoms with Crippen molar-refractivity contribution in [1.82, 2.24) is 0 Å². The summed E-state index contributed by atoms with van der Waals surface area (Å²) in [7, 11) is -8.91. The van der Waals surface area contributed by atoms with Crippen LogP contribution in [0.5, 0.6) is 0 Å².